The second kappa shape index (κ2) is 11.1. The molecule has 3 atom stereocenters. The zero-order valence-electron chi connectivity index (χ0n) is 19.0. The molecule has 1 saturated carbocycles. The van der Waals surface area contributed by atoms with Crippen molar-refractivity contribution in [3.05, 3.63) is 36.0 Å². The van der Waals surface area contributed by atoms with E-state index in [1.807, 2.05) is 48.7 Å². The molecule has 172 valence electrons. The van der Waals surface area contributed by atoms with E-state index in [9.17, 15) is 20.0 Å². The van der Waals surface area contributed by atoms with E-state index >= 15 is 0 Å². The normalized spacial score (nSPS) is 19.5. The fraction of sp³-hybridized carbons (Fsp3) is 0.560. The lowest BCUT2D eigenvalue weighted by atomic mass is 9.83. The topological polar surface area (TPSA) is 107 Å². The monoisotopic (exact) mass is 438 g/mol. The fourth-order valence-corrected chi connectivity index (χ4v) is 4.62. The number of benzene rings is 1. The number of para-hydroxylation sites is 1. The fourth-order valence-electron chi connectivity index (χ4n) is 4.62. The quantitative estimate of drug-likeness (QED) is 0.558. The van der Waals surface area contributed by atoms with Gasteiger partial charge in [-0.05, 0) is 43.7 Å². The van der Waals surface area contributed by atoms with E-state index in [1.54, 1.807) is 0 Å². The molecule has 1 aliphatic carbocycles. The Kier molecular flexibility index (Phi) is 8.29. The van der Waals surface area contributed by atoms with Crippen molar-refractivity contribution in [2.24, 2.45) is 11.8 Å². The van der Waals surface area contributed by atoms with Crippen LogP contribution in [0.3, 0.4) is 0 Å². The number of nitrogens with one attached hydrogen (secondary N) is 2. The predicted molar refractivity (Wildman–Crippen MR) is 124 cm³/mol. The smallest absolute Gasteiger partial charge is 0.268 e. The first-order chi connectivity index (χ1) is 15.4. The molecule has 1 heterocycles. The lowest BCUT2D eigenvalue weighted by Gasteiger charge is -2.32. The average molecular weight is 439 g/mol. The Hall–Kier alpha value is -2.85. The van der Waals surface area contributed by atoms with E-state index in [4.69, 9.17) is 0 Å². The van der Waals surface area contributed by atoms with E-state index in [0.29, 0.717) is 37.4 Å². The van der Waals surface area contributed by atoms with E-state index in [-0.39, 0.29) is 30.4 Å². The van der Waals surface area contributed by atoms with Gasteiger partial charge >= 0.3 is 0 Å². The summed E-state index contributed by atoms with van der Waals surface area (Å²) in [5.41, 5.74) is 1.49. The Balaban J connectivity index is 1.77. The van der Waals surface area contributed by atoms with Crippen LogP contribution in [0, 0.1) is 23.2 Å². The molecule has 7 heteroatoms. The van der Waals surface area contributed by atoms with Gasteiger partial charge in [-0.3, -0.25) is 9.59 Å². The highest BCUT2D eigenvalue weighted by Gasteiger charge is 2.33. The molecule has 1 aromatic heterocycles. The first-order valence-electron chi connectivity index (χ1n) is 11.6. The highest BCUT2D eigenvalue weighted by molar-refractivity contribution is 5.99. The van der Waals surface area contributed by atoms with Crippen LogP contribution in [0.2, 0.25) is 0 Å². The number of nitriles is 1. The van der Waals surface area contributed by atoms with Gasteiger partial charge in [0.25, 0.3) is 5.91 Å². The van der Waals surface area contributed by atoms with Gasteiger partial charge in [0.2, 0.25) is 5.91 Å². The summed E-state index contributed by atoms with van der Waals surface area (Å²) in [5.74, 6) is -0.389. The largest absolute Gasteiger partial charge is 0.396 e. The zero-order valence-corrected chi connectivity index (χ0v) is 19.0. The Bertz CT molecular complexity index is 975. The first kappa shape index (κ1) is 23.8. The molecular weight excluding hydrogens is 404 g/mol. The number of aryl methyl sites for hydroxylation is 1. The van der Waals surface area contributed by atoms with Crippen molar-refractivity contribution in [3.8, 4) is 6.07 Å². The second-order valence-electron chi connectivity index (χ2n) is 9.11. The van der Waals surface area contributed by atoms with E-state index < -0.39 is 6.04 Å². The van der Waals surface area contributed by atoms with Crippen LogP contribution < -0.4 is 10.6 Å². The Morgan fingerprint density at radius 3 is 2.72 bits per heavy atom. The van der Waals surface area contributed by atoms with Gasteiger partial charge < -0.3 is 20.3 Å². The molecule has 2 aromatic rings. The number of nitrogens with zero attached hydrogens (tertiary/aromatic N) is 2. The molecule has 1 fully saturated rings. The predicted octanol–water partition coefficient (Wildman–Crippen LogP) is 3.37. The standard InChI is InChI=1S/C25H34N4O3/c1-17(2)14-19(16-26)27-24(31)20-9-4-5-10-21(20)28-25(32)23-15-18-8-3-6-11-22(18)29(23)12-7-13-30/h3,6,8,11,15,17,19-21,30H,4-5,7,9-10,12-14H2,1-2H3,(H,27,31)(H,28,32)/t19-,20+,21-/m0/s1. The van der Waals surface area contributed by atoms with Crippen LogP contribution in [0.4, 0.5) is 0 Å². The van der Waals surface area contributed by atoms with Gasteiger partial charge in [-0.25, -0.2) is 0 Å². The third-order valence-corrected chi connectivity index (χ3v) is 6.18. The SMILES string of the molecule is CC(C)C[C@@H](C#N)NC(=O)[C@@H]1CCCC[C@@H]1NC(=O)c1cc2ccccc2n1CCCO. The molecule has 7 nitrogen and oxygen atoms in total. The van der Waals surface area contributed by atoms with Crippen LogP contribution in [-0.2, 0) is 11.3 Å². The highest BCUT2D eigenvalue weighted by Crippen LogP contribution is 2.26. The molecule has 3 rings (SSSR count). The summed E-state index contributed by atoms with van der Waals surface area (Å²) < 4.78 is 1.94. The molecule has 2 amide bonds. The number of amides is 2. The van der Waals surface area contributed by atoms with Crippen LogP contribution in [0.15, 0.2) is 30.3 Å². The minimum atomic E-state index is -0.512. The molecule has 1 aliphatic rings. The van der Waals surface area contributed by atoms with E-state index in [0.717, 1.165) is 30.2 Å². The Labute approximate surface area is 189 Å². The number of aliphatic hydroxyl groups excluding tert-OH is 1. The molecule has 0 aliphatic heterocycles. The average Bonchev–Trinajstić information content (AvgIpc) is 3.15. The third-order valence-electron chi connectivity index (χ3n) is 6.18. The summed E-state index contributed by atoms with van der Waals surface area (Å²) in [6, 6.07) is 11.1. The molecule has 0 saturated heterocycles. The van der Waals surface area contributed by atoms with Gasteiger partial charge in [0, 0.05) is 30.1 Å². The van der Waals surface area contributed by atoms with Crippen LogP contribution in [0.5, 0.6) is 0 Å². The first-order valence-corrected chi connectivity index (χ1v) is 11.6. The number of rotatable bonds is 9. The van der Waals surface area contributed by atoms with Crippen molar-refractivity contribution in [1.82, 2.24) is 15.2 Å². The van der Waals surface area contributed by atoms with Crippen molar-refractivity contribution in [3.63, 3.8) is 0 Å². The lowest BCUT2D eigenvalue weighted by Crippen LogP contribution is -2.50. The molecule has 0 bridgehead atoms. The van der Waals surface area contributed by atoms with Crippen LogP contribution in [-0.4, -0.2) is 40.2 Å². The summed E-state index contributed by atoms with van der Waals surface area (Å²) in [6.45, 7) is 4.64. The summed E-state index contributed by atoms with van der Waals surface area (Å²) in [6.07, 6.45) is 4.49. The molecule has 3 N–H and O–H groups in total. The summed E-state index contributed by atoms with van der Waals surface area (Å²) >= 11 is 0. The molecule has 32 heavy (non-hydrogen) atoms. The number of hydrogen-bond donors (Lipinski definition) is 3. The van der Waals surface area contributed by atoms with Gasteiger partial charge in [0.15, 0.2) is 0 Å². The minimum Gasteiger partial charge on any atom is -0.396 e. The van der Waals surface area contributed by atoms with Crippen molar-refractivity contribution in [2.45, 2.75) is 71.0 Å². The van der Waals surface area contributed by atoms with Gasteiger partial charge in [0.1, 0.15) is 11.7 Å². The maximum absolute atomic E-state index is 13.3. The van der Waals surface area contributed by atoms with Gasteiger partial charge in [-0.15, -0.1) is 0 Å². The number of aromatic nitrogens is 1. The molecule has 1 aromatic carbocycles. The third kappa shape index (κ3) is 5.68. The van der Waals surface area contributed by atoms with E-state index in [1.165, 1.54) is 0 Å². The number of fused-ring (bicyclic) bond motifs is 1. The molecule has 0 spiro atoms. The van der Waals surface area contributed by atoms with Gasteiger partial charge in [0.05, 0.1) is 12.0 Å². The van der Waals surface area contributed by atoms with Crippen molar-refractivity contribution < 1.29 is 14.7 Å². The van der Waals surface area contributed by atoms with Crippen molar-refractivity contribution in [1.29, 1.82) is 5.26 Å². The number of carbonyl (C=O) groups excluding carboxylic acids is 2. The molecule has 0 unspecified atom stereocenters. The minimum absolute atomic E-state index is 0.0505. The van der Waals surface area contributed by atoms with Crippen LogP contribution in [0.25, 0.3) is 10.9 Å². The Morgan fingerprint density at radius 2 is 2.00 bits per heavy atom. The van der Waals surface area contributed by atoms with Gasteiger partial charge in [-0.2, -0.15) is 5.26 Å². The van der Waals surface area contributed by atoms with Crippen molar-refractivity contribution in [2.75, 3.05) is 6.61 Å². The number of aliphatic hydroxyl groups is 1. The number of hydrogen-bond acceptors (Lipinski definition) is 4. The second-order valence-corrected chi connectivity index (χ2v) is 9.11. The molecular formula is C25H34N4O3. The zero-order chi connectivity index (χ0) is 23.1. The number of carbonyl (C=O) groups is 2. The van der Waals surface area contributed by atoms with Crippen molar-refractivity contribution >= 4 is 22.7 Å². The van der Waals surface area contributed by atoms with Crippen LogP contribution in [0.1, 0.15) is 62.9 Å². The summed E-state index contributed by atoms with van der Waals surface area (Å²) in [7, 11) is 0. The summed E-state index contributed by atoms with van der Waals surface area (Å²) in [5, 5.41) is 25.7. The maximum Gasteiger partial charge on any atom is 0.268 e. The van der Waals surface area contributed by atoms with E-state index in [2.05, 4.69) is 16.7 Å². The maximum atomic E-state index is 13.3. The van der Waals surface area contributed by atoms with Gasteiger partial charge in [-0.1, -0.05) is 44.9 Å². The highest BCUT2D eigenvalue weighted by atomic mass is 16.3. The molecule has 0 radical (unpaired) electrons. The lowest BCUT2D eigenvalue weighted by molar-refractivity contribution is -0.127. The Morgan fingerprint density at radius 1 is 1.25 bits per heavy atom. The summed E-state index contributed by atoms with van der Waals surface area (Å²) in [4.78, 5) is 26.3. The van der Waals surface area contributed by atoms with Crippen LogP contribution >= 0.6 is 0 Å².